The first kappa shape index (κ1) is 13.2. The fourth-order valence-corrected chi connectivity index (χ4v) is 1.43. The number of amides is 1. The Balaban J connectivity index is 2.90. The van der Waals surface area contributed by atoms with E-state index in [9.17, 15) is 9.90 Å². The highest BCUT2D eigenvalue weighted by Gasteiger charge is 2.27. The van der Waals surface area contributed by atoms with Gasteiger partial charge in [0, 0.05) is 17.1 Å². The summed E-state index contributed by atoms with van der Waals surface area (Å²) in [7, 11) is 1.70. The van der Waals surface area contributed by atoms with Crippen LogP contribution in [0, 0.1) is 0 Å². The number of rotatable bonds is 3. The maximum Gasteiger partial charge on any atom is 0.254 e. The fraction of sp³-hybridized carbons (Fsp3) is 0.417. The molecule has 0 spiro atoms. The molecular formula is C12H16BrNO2. The second kappa shape index (κ2) is 4.97. The second-order valence-electron chi connectivity index (χ2n) is 4.34. The van der Waals surface area contributed by atoms with E-state index in [4.69, 9.17) is 0 Å². The van der Waals surface area contributed by atoms with Gasteiger partial charge in [0.05, 0.1) is 12.1 Å². The van der Waals surface area contributed by atoms with Crippen molar-refractivity contribution in [3.63, 3.8) is 0 Å². The molecule has 4 heteroatoms. The summed E-state index contributed by atoms with van der Waals surface area (Å²) < 4.78 is 0.938. The Morgan fingerprint density at radius 2 is 1.88 bits per heavy atom. The number of carbonyl (C=O) groups is 1. The number of nitrogens with zero attached hydrogens (tertiary/aromatic N) is 1. The summed E-state index contributed by atoms with van der Waals surface area (Å²) in [5.74, 6) is -0.0912. The Kier molecular flexibility index (Phi) is 4.10. The van der Waals surface area contributed by atoms with E-state index in [0.717, 1.165) is 4.47 Å². The molecule has 0 saturated heterocycles. The molecule has 0 heterocycles. The summed E-state index contributed by atoms with van der Waals surface area (Å²) in [4.78, 5) is 13.6. The van der Waals surface area contributed by atoms with Gasteiger partial charge >= 0.3 is 0 Å². The molecule has 0 atom stereocenters. The molecule has 1 aromatic rings. The number of hydrogen-bond donors (Lipinski definition) is 1. The smallest absolute Gasteiger partial charge is 0.254 e. The zero-order valence-electron chi connectivity index (χ0n) is 9.70. The first-order chi connectivity index (χ1) is 7.38. The molecule has 0 fully saturated rings. The lowest BCUT2D eigenvalue weighted by atomic mass is 10.0. The van der Waals surface area contributed by atoms with Crippen molar-refractivity contribution >= 4 is 21.8 Å². The van der Waals surface area contributed by atoms with Crippen LogP contribution in [-0.2, 0) is 0 Å². The Labute approximate surface area is 104 Å². The van der Waals surface area contributed by atoms with E-state index >= 15 is 0 Å². The zero-order valence-corrected chi connectivity index (χ0v) is 11.3. The number of aliphatic hydroxyl groups is 1. The summed E-state index contributed by atoms with van der Waals surface area (Å²) in [6.07, 6.45) is 0. The van der Waals surface area contributed by atoms with Crippen LogP contribution in [0.25, 0.3) is 0 Å². The summed E-state index contributed by atoms with van der Waals surface area (Å²) in [6.45, 7) is 3.58. The van der Waals surface area contributed by atoms with Crippen molar-refractivity contribution in [2.24, 2.45) is 0 Å². The monoisotopic (exact) mass is 285 g/mol. The number of hydrogen-bond acceptors (Lipinski definition) is 2. The molecule has 0 aliphatic carbocycles. The van der Waals surface area contributed by atoms with Crippen molar-refractivity contribution in [3.8, 4) is 0 Å². The van der Waals surface area contributed by atoms with Gasteiger partial charge in [0.15, 0.2) is 0 Å². The van der Waals surface area contributed by atoms with Crippen LogP contribution >= 0.6 is 15.9 Å². The largest absolute Gasteiger partial charge is 0.394 e. The van der Waals surface area contributed by atoms with Crippen LogP contribution in [0.4, 0.5) is 0 Å². The van der Waals surface area contributed by atoms with Crippen LogP contribution < -0.4 is 0 Å². The van der Waals surface area contributed by atoms with Crippen molar-refractivity contribution < 1.29 is 9.90 Å². The Hall–Kier alpha value is -0.870. The molecule has 0 aliphatic heterocycles. The number of carbonyl (C=O) groups excluding carboxylic acids is 1. The third-order valence-electron chi connectivity index (χ3n) is 2.69. The Bertz CT molecular complexity index is 373. The van der Waals surface area contributed by atoms with Gasteiger partial charge in [-0.3, -0.25) is 4.79 Å². The first-order valence-corrected chi connectivity index (χ1v) is 5.82. The van der Waals surface area contributed by atoms with Crippen LogP contribution in [-0.4, -0.2) is 35.1 Å². The normalized spacial score (nSPS) is 11.3. The molecule has 0 unspecified atom stereocenters. The maximum absolute atomic E-state index is 12.1. The van der Waals surface area contributed by atoms with Crippen molar-refractivity contribution in [1.82, 2.24) is 4.90 Å². The number of aliphatic hydroxyl groups excluding tert-OH is 1. The van der Waals surface area contributed by atoms with Crippen molar-refractivity contribution in [3.05, 3.63) is 34.3 Å². The zero-order chi connectivity index (χ0) is 12.3. The van der Waals surface area contributed by atoms with Crippen LogP contribution in [0.1, 0.15) is 24.2 Å². The van der Waals surface area contributed by atoms with Gasteiger partial charge < -0.3 is 10.0 Å². The minimum atomic E-state index is -0.551. The number of halogens is 1. The molecule has 0 radical (unpaired) electrons. The lowest BCUT2D eigenvalue weighted by Crippen LogP contribution is -2.47. The van der Waals surface area contributed by atoms with Crippen molar-refractivity contribution in [1.29, 1.82) is 0 Å². The molecular weight excluding hydrogens is 270 g/mol. The van der Waals surface area contributed by atoms with Crippen molar-refractivity contribution in [2.75, 3.05) is 13.7 Å². The third-order valence-corrected chi connectivity index (χ3v) is 3.22. The predicted octanol–water partition coefficient (Wildman–Crippen LogP) is 2.29. The van der Waals surface area contributed by atoms with E-state index in [0.29, 0.717) is 5.56 Å². The second-order valence-corrected chi connectivity index (χ2v) is 5.26. The molecule has 3 nitrogen and oxygen atoms in total. The van der Waals surface area contributed by atoms with E-state index in [-0.39, 0.29) is 12.5 Å². The molecule has 0 saturated carbocycles. The van der Waals surface area contributed by atoms with E-state index < -0.39 is 5.54 Å². The van der Waals surface area contributed by atoms with Crippen LogP contribution in [0.3, 0.4) is 0 Å². The van der Waals surface area contributed by atoms with Crippen LogP contribution in [0.15, 0.2) is 28.7 Å². The van der Waals surface area contributed by atoms with Gasteiger partial charge in [-0.25, -0.2) is 0 Å². The molecule has 0 bridgehead atoms. The molecule has 1 amide bonds. The molecule has 0 aliphatic rings. The minimum Gasteiger partial charge on any atom is -0.394 e. The summed E-state index contributed by atoms with van der Waals surface area (Å²) >= 11 is 3.32. The molecule has 16 heavy (non-hydrogen) atoms. The average molecular weight is 286 g/mol. The number of likely N-dealkylation sites (N-methyl/N-ethyl adjacent to an activating group) is 1. The van der Waals surface area contributed by atoms with E-state index in [1.54, 1.807) is 24.1 Å². The van der Waals surface area contributed by atoms with Gasteiger partial charge in [-0.2, -0.15) is 0 Å². The van der Waals surface area contributed by atoms with Crippen LogP contribution in [0.2, 0.25) is 0 Å². The third kappa shape index (κ3) is 2.83. The standard InChI is InChI=1S/C12H16BrNO2/c1-12(2,8-15)14(3)11(16)9-4-6-10(13)7-5-9/h4-7,15H,8H2,1-3H3. The van der Waals surface area contributed by atoms with E-state index in [1.807, 2.05) is 26.0 Å². The van der Waals surface area contributed by atoms with E-state index in [1.165, 1.54) is 0 Å². The highest BCUT2D eigenvalue weighted by atomic mass is 79.9. The predicted molar refractivity (Wildman–Crippen MR) is 67.4 cm³/mol. The quantitative estimate of drug-likeness (QED) is 0.926. The topological polar surface area (TPSA) is 40.5 Å². The molecule has 1 aromatic carbocycles. The van der Waals surface area contributed by atoms with Gasteiger partial charge in [0.2, 0.25) is 0 Å². The average Bonchev–Trinajstić information content (AvgIpc) is 2.28. The van der Waals surface area contributed by atoms with E-state index in [2.05, 4.69) is 15.9 Å². The lowest BCUT2D eigenvalue weighted by molar-refractivity contribution is 0.0473. The first-order valence-electron chi connectivity index (χ1n) is 5.03. The van der Waals surface area contributed by atoms with Crippen molar-refractivity contribution in [2.45, 2.75) is 19.4 Å². The molecule has 88 valence electrons. The van der Waals surface area contributed by atoms with Gasteiger partial charge in [0.1, 0.15) is 0 Å². The summed E-state index contributed by atoms with van der Waals surface area (Å²) in [6, 6.07) is 7.17. The molecule has 1 N–H and O–H groups in total. The number of benzene rings is 1. The maximum atomic E-state index is 12.1. The highest BCUT2D eigenvalue weighted by molar-refractivity contribution is 9.10. The SMILES string of the molecule is CN(C(=O)c1ccc(Br)cc1)C(C)(C)CO. The van der Waals surface area contributed by atoms with Crippen LogP contribution in [0.5, 0.6) is 0 Å². The highest BCUT2D eigenvalue weighted by Crippen LogP contribution is 2.17. The Morgan fingerprint density at radius 3 is 2.31 bits per heavy atom. The van der Waals surface area contributed by atoms with Gasteiger partial charge in [0.25, 0.3) is 5.91 Å². The summed E-state index contributed by atoms with van der Waals surface area (Å²) in [5.41, 5.74) is 0.0664. The Morgan fingerprint density at radius 1 is 1.38 bits per heavy atom. The van der Waals surface area contributed by atoms with Gasteiger partial charge in [-0.1, -0.05) is 15.9 Å². The summed E-state index contributed by atoms with van der Waals surface area (Å²) in [5, 5.41) is 9.20. The van der Waals surface area contributed by atoms with Gasteiger partial charge in [-0.15, -0.1) is 0 Å². The lowest BCUT2D eigenvalue weighted by Gasteiger charge is -2.34. The minimum absolute atomic E-state index is 0.0637. The van der Waals surface area contributed by atoms with Gasteiger partial charge in [-0.05, 0) is 38.1 Å². The fourth-order valence-electron chi connectivity index (χ4n) is 1.17. The molecule has 1 rings (SSSR count). The molecule has 0 aromatic heterocycles.